The van der Waals surface area contributed by atoms with Gasteiger partial charge in [-0.3, -0.25) is 4.79 Å². The number of hydrogen-bond donors (Lipinski definition) is 0. The summed E-state index contributed by atoms with van der Waals surface area (Å²) in [4.78, 5) is 11.6. The molecule has 12 heavy (non-hydrogen) atoms. The van der Waals surface area contributed by atoms with Crippen LogP contribution in [0, 0.1) is 11.8 Å². The average Bonchev–Trinajstić information content (AvgIpc) is 2.49. The minimum absolute atomic E-state index is 0.176. The third-order valence-electron chi connectivity index (χ3n) is 2.70. The molecule has 2 heteroatoms. The second-order valence-corrected chi connectivity index (χ2v) is 3.79. The van der Waals surface area contributed by atoms with Crippen molar-refractivity contribution in [3.8, 4) is 0 Å². The Hall–Kier alpha value is -0.370. The van der Waals surface area contributed by atoms with Gasteiger partial charge in [0, 0.05) is 11.8 Å². The minimum atomic E-state index is 0.176. The summed E-state index contributed by atoms with van der Waals surface area (Å²) in [5.41, 5.74) is 0. The van der Waals surface area contributed by atoms with E-state index in [-0.39, 0.29) is 17.9 Å². The van der Waals surface area contributed by atoms with Crippen LogP contribution in [0.5, 0.6) is 0 Å². The molecule has 1 aliphatic rings. The highest BCUT2D eigenvalue weighted by Crippen LogP contribution is 2.23. The lowest BCUT2D eigenvalue weighted by atomic mass is 9.91. The van der Waals surface area contributed by atoms with Crippen molar-refractivity contribution in [1.29, 1.82) is 0 Å². The summed E-state index contributed by atoms with van der Waals surface area (Å²) in [5.74, 6) is 0.778. The fraction of sp³-hybridized carbons (Fsp3) is 0.900. The molecular weight excluding hydrogens is 152 g/mol. The van der Waals surface area contributed by atoms with E-state index in [1.165, 1.54) is 0 Å². The summed E-state index contributed by atoms with van der Waals surface area (Å²) in [6, 6.07) is 0. The van der Waals surface area contributed by atoms with Crippen LogP contribution in [0.3, 0.4) is 0 Å². The Bertz CT molecular complexity index is 165. The van der Waals surface area contributed by atoms with Crippen molar-refractivity contribution in [1.82, 2.24) is 0 Å². The topological polar surface area (TPSA) is 26.3 Å². The molecular formula is C10H18O2. The number of hydrogen-bond acceptors (Lipinski definition) is 2. The van der Waals surface area contributed by atoms with Crippen molar-refractivity contribution >= 4 is 5.78 Å². The molecule has 1 rings (SSSR count). The first-order valence-corrected chi connectivity index (χ1v) is 4.80. The van der Waals surface area contributed by atoms with E-state index in [0.29, 0.717) is 12.4 Å². The monoisotopic (exact) mass is 170 g/mol. The molecule has 1 heterocycles. The minimum Gasteiger partial charge on any atom is -0.378 e. The van der Waals surface area contributed by atoms with Gasteiger partial charge in [-0.15, -0.1) is 0 Å². The molecule has 1 saturated heterocycles. The molecule has 0 saturated carbocycles. The molecule has 2 nitrogen and oxygen atoms in total. The van der Waals surface area contributed by atoms with Gasteiger partial charge in [0.05, 0.1) is 12.7 Å². The molecule has 70 valence electrons. The third kappa shape index (κ3) is 2.07. The largest absolute Gasteiger partial charge is 0.378 e. The van der Waals surface area contributed by atoms with Crippen LogP contribution >= 0.6 is 0 Å². The van der Waals surface area contributed by atoms with Crippen LogP contribution < -0.4 is 0 Å². The lowest BCUT2D eigenvalue weighted by Crippen LogP contribution is -2.21. The number of ketones is 1. The lowest BCUT2D eigenvalue weighted by molar-refractivity contribution is -0.126. The first-order valence-electron chi connectivity index (χ1n) is 4.80. The Morgan fingerprint density at radius 1 is 1.67 bits per heavy atom. The fourth-order valence-corrected chi connectivity index (χ4v) is 1.62. The first-order chi connectivity index (χ1) is 5.65. The Morgan fingerprint density at radius 3 is 2.75 bits per heavy atom. The number of rotatable bonds is 3. The van der Waals surface area contributed by atoms with Crippen LogP contribution in [-0.2, 0) is 9.53 Å². The number of carbonyl (C=O) groups excluding carboxylic acids is 1. The van der Waals surface area contributed by atoms with Crippen molar-refractivity contribution < 1.29 is 9.53 Å². The number of carbonyl (C=O) groups is 1. The van der Waals surface area contributed by atoms with Gasteiger partial charge in [0.2, 0.25) is 0 Å². The summed E-state index contributed by atoms with van der Waals surface area (Å²) < 4.78 is 5.36. The first kappa shape index (κ1) is 9.72. The second-order valence-electron chi connectivity index (χ2n) is 3.79. The Balaban J connectivity index is 2.43. The van der Waals surface area contributed by atoms with E-state index < -0.39 is 0 Å². The average molecular weight is 170 g/mol. The standard InChI is InChI=1S/C10H18O2/c1-4-7(2)10(11)9-5-8(3)12-6-9/h7-9H,4-6H2,1-3H3. The molecule has 0 aromatic carbocycles. The van der Waals surface area contributed by atoms with Gasteiger partial charge < -0.3 is 4.74 Å². The fourth-order valence-electron chi connectivity index (χ4n) is 1.62. The normalized spacial score (nSPS) is 31.9. The van der Waals surface area contributed by atoms with E-state index in [1.54, 1.807) is 0 Å². The van der Waals surface area contributed by atoms with Gasteiger partial charge in [-0.1, -0.05) is 13.8 Å². The highest BCUT2D eigenvalue weighted by Gasteiger charge is 2.30. The van der Waals surface area contributed by atoms with Gasteiger partial charge in [0.1, 0.15) is 5.78 Å². The molecule has 0 aromatic rings. The van der Waals surface area contributed by atoms with E-state index in [9.17, 15) is 4.79 Å². The van der Waals surface area contributed by atoms with Crippen LogP contribution in [-0.4, -0.2) is 18.5 Å². The van der Waals surface area contributed by atoms with Crippen LogP contribution in [0.4, 0.5) is 0 Å². The lowest BCUT2D eigenvalue weighted by Gasteiger charge is -2.11. The molecule has 1 fully saturated rings. The maximum atomic E-state index is 11.6. The SMILES string of the molecule is CCC(C)C(=O)C1COC(C)C1. The number of Topliss-reactive ketones (excluding diaryl/α,β-unsaturated/α-hetero) is 1. The predicted octanol–water partition coefficient (Wildman–Crippen LogP) is 2.03. The van der Waals surface area contributed by atoms with Crippen molar-refractivity contribution in [3.05, 3.63) is 0 Å². The summed E-state index contributed by atoms with van der Waals surface area (Å²) in [5, 5.41) is 0. The quantitative estimate of drug-likeness (QED) is 0.647. The number of ether oxygens (including phenoxy) is 1. The zero-order valence-corrected chi connectivity index (χ0v) is 8.17. The van der Waals surface area contributed by atoms with Crippen LogP contribution in [0.15, 0.2) is 0 Å². The third-order valence-corrected chi connectivity index (χ3v) is 2.70. The maximum Gasteiger partial charge on any atom is 0.141 e. The van der Waals surface area contributed by atoms with Gasteiger partial charge in [0.15, 0.2) is 0 Å². The van der Waals surface area contributed by atoms with E-state index in [0.717, 1.165) is 12.8 Å². The van der Waals surface area contributed by atoms with Gasteiger partial charge in [0.25, 0.3) is 0 Å². The van der Waals surface area contributed by atoms with Crippen LogP contribution in [0.2, 0.25) is 0 Å². The van der Waals surface area contributed by atoms with Gasteiger partial charge in [-0.2, -0.15) is 0 Å². The molecule has 0 N–H and O–H groups in total. The maximum absolute atomic E-state index is 11.6. The van der Waals surface area contributed by atoms with Crippen molar-refractivity contribution in [2.75, 3.05) is 6.61 Å². The van der Waals surface area contributed by atoms with E-state index in [2.05, 4.69) is 6.92 Å². The van der Waals surface area contributed by atoms with Crippen molar-refractivity contribution in [3.63, 3.8) is 0 Å². The zero-order valence-electron chi connectivity index (χ0n) is 8.17. The van der Waals surface area contributed by atoms with Gasteiger partial charge in [-0.05, 0) is 19.8 Å². The van der Waals surface area contributed by atoms with Gasteiger partial charge in [-0.25, -0.2) is 0 Å². The molecule has 0 spiro atoms. The highest BCUT2D eigenvalue weighted by atomic mass is 16.5. The molecule has 3 atom stereocenters. The summed E-state index contributed by atoms with van der Waals surface area (Å²) in [6.07, 6.45) is 2.15. The van der Waals surface area contributed by atoms with Gasteiger partial charge >= 0.3 is 0 Å². The zero-order chi connectivity index (χ0) is 9.14. The highest BCUT2D eigenvalue weighted by molar-refractivity contribution is 5.83. The molecule has 1 aliphatic heterocycles. The Labute approximate surface area is 74.3 Å². The summed E-state index contributed by atoms with van der Waals surface area (Å²) in [6.45, 7) is 6.74. The molecule has 0 aliphatic carbocycles. The molecule has 3 unspecified atom stereocenters. The smallest absolute Gasteiger partial charge is 0.141 e. The molecule has 0 bridgehead atoms. The second kappa shape index (κ2) is 4.04. The molecule has 0 radical (unpaired) electrons. The Morgan fingerprint density at radius 2 is 2.33 bits per heavy atom. The van der Waals surface area contributed by atoms with E-state index >= 15 is 0 Å². The molecule has 0 amide bonds. The van der Waals surface area contributed by atoms with Crippen LogP contribution in [0.25, 0.3) is 0 Å². The van der Waals surface area contributed by atoms with Crippen molar-refractivity contribution in [2.45, 2.75) is 39.7 Å². The predicted molar refractivity (Wildman–Crippen MR) is 48.0 cm³/mol. The summed E-state index contributed by atoms with van der Waals surface area (Å²) in [7, 11) is 0. The van der Waals surface area contributed by atoms with E-state index in [4.69, 9.17) is 4.74 Å². The summed E-state index contributed by atoms with van der Waals surface area (Å²) >= 11 is 0. The van der Waals surface area contributed by atoms with E-state index in [1.807, 2.05) is 13.8 Å². The Kier molecular flexibility index (Phi) is 3.27. The van der Waals surface area contributed by atoms with Crippen LogP contribution in [0.1, 0.15) is 33.6 Å². The van der Waals surface area contributed by atoms with Crippen molar-refractivity contribution in [2.24, 2.45) is 11.8 Å². The molecule has 0 aromatic heterocycles.